The van der Waals surface area contributed by atoms with Gasteiger partial charge in [-0.25, -0.2) is 9.97 Å². The minimum atomic E-state index is -0.303. The molecule has 8 heteroatoms. The fraction of sp³-hybridized carbons (Fsp3) is 0.0556. The number of carbonyl (C=O) groups excluding carboxylic acids is 1. The summed E-state index contributed by atoms with van der Waals surface area (Å²) in [7, 11) is 0. The number of aromatic nitrogens is 2. The van der Waals surface area contributed by atoms with E-state index in [1.165, 1.54) is 23.7 Å². The van der Waals surface area contributed by atoms with Gasteiger partial charge in [0.05, 0.1) is 5.56 Å². The van der Waals surface area contributed by atoms with Crippen LogP contribution in [0.4, 0.5) is 11.5 Å². The average molecular weight is 430 g/mol. The summed E-state index contributed by atoms with van der Waals surface area (Å²) in [5.74, 6) is 0.0400. The fourth-order valence-electron chi connectivity index (χ4n) is 2.11. The average Bonchev–Trinajstić information content (AvgIpc) is 2.64. The first-order valence-corrected chi connectivity index (χ1v) is 9.31. The first-order valence-electron chi connectivity index (χ1n) is 7.70. The zero-order valence-electron chi connectivity index (χ0n) is 13.9. The molecule has 0 spiro atoms. The van der Waals surface area contributed by atoms with Crippen LogP contribution in [-0.2, 0) is 0 Å². The van der Waals surface area contributed by atoms with Crippen molar-refractivity contribution in [2.75, 3.05) is 11.2 Å². The Kier molecular flexibility index (Phi) is 5.75. The van der Waals surface area contributed by atoms with E-state index in [1.54, 1.807) is 18.2 Å². The summed E-state index contributed by atoms with van der Waals surface area (Å²) < 4.78 is 0.700. The molecule has 132 valence electrons. The van der Waals surface area contributed by atoms with Crippen molar-refractivity contribution in [2.45, 2.75) is 16.8 Å². The molecule has 1 aromatic heterocycles. The van der Waals surface area contributed by atoms with Gasteiger partial charge in [0.25, 0.3) is 5.91 Å². The van der Waals surface area contributed by atoms with Gasteiger partial charge in [0.15, 0.2) is 5.82 Å². The molecule has 1 heterocycles. The van der Waals surface area contributed by atoms with Crippen LogP contribution in [0.1, 0.15) is 15.9 Å². The van der Waals surface area contributed by atoms with E-state index in [9.17, 15) is 4.79 Å². The van der Waals surface area contributed by atoms with Gasteiger partial charge in [0.2, 0.25) is 0 Å². The molecule has 0 saturated carbocycles. The maximum Gasteiger partial charge on any atom is 0.270 e. The second-order valence-electron chi connectivity index (χ2n) is 5.42. The minimum absolute atomic E-state index is 0.303. The van der Waals surface area contributed by atoms with Gasteiger partial charge in [-0.2, -0.15) is 0 Å². The van der Waals surface area contributed by atoms with Gasteiger partial charge in [0.1, 0.15) is 17.0 Å². The van der Waals surface area contributed by atoms with Gasteiger partial charge in [0, 0.05) is 9.37 Å². The quantitative estimate of drug-likeness (QED) is 0.418. The first kappa shape index (κ1) is 18.2. The maximum absolute atomic E-state index is 12.3. The number of nitrogens with two attached hydrogens (primary N) is 1. The van der Waals surface area contributed by atoms with Crippen LogP contribution in [0, 0.1) is 6.92 Å². The number of carbonyl (C=O) groups is 1. The summed E-state index contributed by atoms with van der Waals surface area (Å²) >= 11 is 4.78. The van der Waals surface area contributed by atoms with E-state index in [2.05, 4.69) is 36.7 Å². The number of rotatable bonds is 5. The Morgan fingerprint density at radius 3 is 2.58 bits per heavy atom. The van der Waals surface area contributed by atoms with Crippen molar-refractivity contribution in [1.29, 1.82) is 0 Å². The topological polar surface area (TPSA) is 92.9 Å². The van der Waals surface area contributed by atoms with E-state index in [-0.39, 0.29) is 5.91 Å². The highest BCUT2D eigenvalue weighted by Gasteiger charge is 2.12. The number of hydrazine groups is 1. The number of nitrogens with zero attached hydrogens (tertiary/aromatic N) is 2. The largest absolute Gasteiger partial charge is 0.393 e. The lowest BCUT2D eigenvalue weighted by Gasteiger charge is -2.12. The molecule has 0 bridgehead atoms. The fourth-order valence-corrected chi connectivity index (χ4v) is 3.37. The highest BCUT2D eigenvalue weighted by molar-refractivity contribution is 9.10. The van der Waals surface area contributed by atoms with Crippen molar-refractivity contribution in [3.8, 4) is 0 Å². The van der Waals surface area contributed by atoms with Crippen molar-refractivity contribution < 1.29 is 4.79 Å². The van der Waals surface area contributed by atoms with Crippen LogP contribution in [0.5, 0.6) is 0 Å². The molecule has 0 aliphatic heterocycles. The molecular formula is C18H16BrN5OS. The molecule has 26 heavy (non-hydrogen) atoms. The number of nitrogens with one attached hydrogen (secondary N) is 2. The van der Waals surface area contributed by atoms with Gasteiger partial charge in [-0.1, -0.05) is 41.6 Å². The molecule has 0 radical (unpaired) electrons. The number of nitrogen functional groups attached to an aromatic ring is 1. The monoisotopic (exact) mass is 429 g/mol. The molecule has 4 N–H and O–H groups in total. The van der Waals surface area contributed by atoms with Crippen molar-refractivity contribution in [1.82, 2.24) is 15.4 Å². The number of hydrogen-bond acceptors (Lipinski definition) is 6. The third-order valence-corrected chi connectivity index (χ3v) is 5.21. The van der Waals surface area contributed by atoms with E-state index >= 15 is 0 Å². The molecule has 0 atom stereocenters. The van der Waals surface area contributed by atoms with Crippen LogP contribution >= 0.6 is 27.7 Å². The van der Waals surface area contributed by atoms with Gasteiger partial charge < -0.3 is 5.73 Å². The SMILES string of the molecule is Cc1ccc(Sc2ncnc(NNC(=O)c3ccccc3Br)c2N)cc1. The Morgan fingerprint density at radius 1 is 1.12 bits per heavy atom. The van der Waals surface area contributed by atoms with Crippen LogP contribution < -0.4 is 16.6 Å². The molecule has 2 aromatic carbocycles. The van der Waals surface area contributed by atoms with Crippen LogP contribution in [0.2, 0.25) is 0 Å². The number of amides is 1. The van der Waals surface area contributed by atoms with Crippen molar-refractivity contribution in [3.63, 3.8) is 0 Å². The van der Waals surface area contributed by atoms with E-state index in [0.29, 0.717) is 26.6 Å². The summed E-state index contributed by atoms with van der Waals surface area (Å²) in [4.78, 5) is 21.6. The third-order valence-electron chi connectivity index (χ3n) is 3.50. The van der Waals surface area contributed by atoms with E-state index < -0.39 is 0 Å². The Labute approximate surface area is 163 Å². The number of aryl methyl sites for hydroxylation is 1. The molecular weight excluding hydrogens is 414 g/mol. The van der Waals surface area contributed by atoms with Gasteiger partial charge in [-0.05, 0) is 47.1 Å². The van der Waals surface area contributed by atoms with E-state index in [0.717, 1.165) is 4.90 Å². The first-order chi connectivity index (χ1) is 12.5. The molecule has 0 aliphatic carbocycles. The van der Waals surface area contributed by atoms with Crippen molar-refractivity contribution in [2.24, 2.45) is 0 Å². The zero-order chi connectivity index (χ0) is 18.5. The third kappa shape index (κ3) is 4.33. The highest BCUT2D eigenvalue weighted by Crippen LogP contribution is 2.32. The number of benzene rings is 2. The molecule has 1 amide bonds. The lowest BCUT2D eigenvalue weighted by Crippen LogP contribution is -2.30. The predicted molar refractivity (Wildman–Crippen MR) is 107 cm³/mol. The normalized spacial score (nSPS) is 10.4. The predicted octanol–water partition coefficient (Wildman–Crippen LogP) is 4.04. The second-order valence-corrected chi connectivity index (χ2v) is 7.33. The Hall–Kier alpha value is -2.58. The lowest BCUT2D eigenvalue weighted by molar-refractivity contribution is 0.0961. The summed E-state index contributed by atoms with van der Waals surface area (Å²) in [6.07, 6.45) is 1.40. The smallest absolute Gasteiger partial charge is 0.270 e. The minimum Gasteiger partial charge on any atom is -0.393 e. The summed E-state index contributed by atoms with van der Waals surface area (Å²) in [6.45, 7) is 2.03. The lowest BCUT2D eigenvalue weighted by atomic mass is 10.2. The van der Waals surface area contributed by atoms with Crippen LogP contribution in [0.3, 0.4) is 0 Å². The Bertz CT molecular complexity index is 933. The number of halogens is 1. The maximum atomic E-state index is 12.3. The Balaban J connectivity index is 1.72. The molecule has 3 rings (SSSR count). The number of hydrogen-bond donors (Lipinski definition) is 3. The summed E-state index contributed by atoms with van der Waals surface area (Å²) in [5.41, 5.74) is 13.6. The Morgan fingerprint density at radius 2 is 1.85 bits per heavy atom. The van der Waals surface area contributed by atoms with Gasteiger partial charge >= 0.3 is 0 Å². The van der Waals surface area contributed by atoms with Crippen LogP contribution in [0.15, 0.2) is 69.3 Å². The number of anilines is 2. The van der Waals surface area contributed by atoms with Crippen molar-refractivity contribution >= 4 is 45.1 Å². The molecule has 0 fully saturated rings. The molecule has 6 nitrogen and oxygen atoms in total. The standard InChI is InChI=1S/C18H16BrN5OS/c1-11-6-8-12(9-7-11)26-18-15(20)16(21-10-22-18)23-24-17(25)13-4-2-3-5-14(13)19/h2-10H,20H2,1H3,(H,24,25)(H,21,22,23). The molecule has 3 aromatic rings. The van der Waals surface area contributed by atoms with E-state index in [1.807, 2.05) is 37.3 Å². The van der Waals surface area contributed by atoms with Gasteiger partial charge in [-0.15, -0.1) is 0 Å². The summed E-state index contributed by atoms with van der Waals surface area (Å²) in [5, 5.41) is 0.612. The van der Waals surface area contributed by atoms with Crippen LogP contribution in [0.25, 0.3) is 0 Å². The van der Waals surface area contributed by atoms with Crippen molar-refractivity contribution in [3.05, 3.63) is 70.5 Å². The van der Waals surface area contributed by atoms with E-state index in [4.69, 9.17) is 5.73 Å². The highest BCUT2D eigenvalue weighted by atomic mass is 79.9. The molecule has 0 aliphatic rings. The summed E-state index contributed by atoms with van der Waals surface area (Å²) in [6, 6.07) is 15.2. The molecule has 0 unspecified atom stereocenters. The molecule has 0 saturated heterocycles. The second kappa shape index (κ2) is 8.20. The van der Waals surface area contributed by atoms with Crippen LogP contribution in [-0.4, -0.2) is 15.9 Å². The zero-order valence-corrected chi connectivity index (χ0v) is 16.3. The van der Waals surface area contributed by atoms with Gasteiger partial charge in [-0.3, -0.25) is 15.6 Å².